The zero-order valence-corrected chi connectivity index (χ0v) is 15.3. The summed E-state index contributed by atoms with van der Waals surface area (Å²) in [4.78, 5) is 16.6. The van der Waals surface area contributed by atoms with Gasteiger partial charge < -0.3 is 19.9 Å². The zero-order chi connectivity index (χ0) is 17.4. The van der Waals surface area contributed by atoms with E-state index in [2.05, 4.69) is 17.3 Å². The molecule has 1 aliphatic rings. The van der Waals surface area contributed by atoms with Crippen molar-refractivity contribution in [1.29, 1.82) is 0 Å². The summed E-state index contributed by atoms with van der Waals surface area (Å²) in [7, 11) is 2.17. The van der Waals surface area contributed by atoms with E-state index in [0.717, 1.165) is 24.3 Å². The number of likely N-dealkylation sites (tertiary alicyclic amines) is 1. The average Bonchev–Trinajstić information content (AvgIpc) is 2.98. The second-order valence-electron chi connectivity index (χ2n) is 6.39. The average molecular weight is 333 g/mol. The lowest BCUT2D eigenvalue weighted by molar-refractivity contribution is 0.196. The first kappa shape index (κ1) is 18.6. The molecule has 0 spiro atoms. The van der Waals surface area contributed by atoms with Crippen LogP contribution < -0.4 is 10.1 Å². The van der Waals surface area contributed by atoms with Gasteiger partial charge in [-0.15, -0.1) is 0 Å². The number of urea groups is 1. The summed E-state index contributed by atoms with van der Waals surface area (Å²) in [6, 6.07) is 8.59. The minimum Gasteiger partial charge on any atom is -0.494 e. The third kappa shape index (κ3) is 5.41. The number of amides is 2. The highest BCUT2D eigenvalue weighted by Crippen LogP contribution is 2.17. The van der Waals surface area contributed by atoms with Gasteiger partial charge in [-0.05, 0) is 64.4 Å². The quantitative estimate of drug-likeness (QED) is 0.795. The van der Waals surface area contributed by atoms with Gasteiger partial charge in [-0.3, -0.25) is 0 Å². The molecule has 1 aliphatic heterocycles. The van der Waals surface area contributed by atoms with Gasteiger partial charge in [-0.1, -0.05) is 12.1 Å². The third-order valence-electron chi connectivity index (χ3n) is 4.68. The molecule has 5 heteroatoms. The predicted molar refractivity (Wildman–Crippen MR) is 97.4 cm³/mol. The molecule has 5 nitrogen and oxygen atoms in total. The summed E-state index contributed by atoms with van der Waals surface area (Å²) in [5.41, 5.74) is 1.09. The number of hydrogen-bond donors (Lipinski definition) is 1. The van der Waals surface area contributed by atoms with Crippen LogP contribution in [0.15, 0.2) is 24.3 Å². The lowest BCUT2D eigenvalue weighted by atomic mass is 10.1. The van der Waals surface area contributed by atoms with Crippen LogP contribution in [0.1, 0.15) is 38.7 Å². The van der Waals surface area contributed by atoms with Gasteiger partial charge in [0, 0.05) is 25.7 Å². The van der Waals surface area contributed by atoms with E-state index in [4.69, 9.17) is 4.74 Å². The number of rotatable bonds is 8. The number of carbonyl (C=O) groups is 1. The molecule has 0 aromatic heterocycles. The molecule has 24 heavy (non-hydrogen) atoms. The number of benzene rings is 1. The summed E-state index contributed by atoms with van der Waals surface area (Å²) in [6.07, 6.45) is 3.54. The molecule has 1 atom stereocenters. The van der Waals surface area contributed by atoms with Crippen molar-refractivity contribution in [3.05, 3.63) is 29.8 Å². The molecule has 1 aromatic carbocycles. The van der Waals surface area contributed by atoms with E-state index in [1.54, 1.807) is 0 Å². The van der Waals surface area contributed by atoms with Gasteiger partial charge in [0.15, 0.2) is 0 Å². The Bertz CT molecular complexity index is 521. The molecule has 1 saturated heterocycles. The Morgan fingerprint density at radius 2 is 2.25 bits per heavy atom. The second-order valence-corrected chi connectivity index (χ2v) is 6.39. The van der Waals surface area contributed by atoms with Gasteiger partial charge in [0.05, 0.1) is 6.61 Å². The molecule has 0 aliphatic carbocycles. The van der Waals surface area contributed by atoms with Gasteiger partial charge in [0.25, 0.3) is 0 Å². The summed E-state index contributed by atoms with van der Waals surface area (Å²) in [5, 5.41) is 3.07. The Morgan fingerprint density at radius 3 is 2.92 bits per heavy atom. The molecule has 2 amide bonds. The van der Waals surface area contributed by atoms with Gasteiger partial charge in [-0.2, -0.15) is 0 Å². The van der Waals surface area contributed by atoms with Crippen molar-refractivity contribution in [2.45, 2.75) is 45.7 Å². The maximum Gasteiger partial charge on any atom is 0.317 e. The molecule has 1 N–H and O–H groups in total. The molecule has 2 rings (SSSR count). The Morgan fingerprint density at radius 1 is 1.42 bits per heavy atom. The summed E-state index contributed by atoms with van der Waals surface area (Å²) in [6.45, 7) is 7.84. The van der Waals surface area contributed by atoms with Crippen LogP contribution in [0.4, 0.5) is 4.79 Å². The van der Waals surface area contributed by atoms with E-state index >= 15 is 0 Å². The minimum atomic E-state index is 0.0139. The van der Waals surface area contributed by atoms with Crippen LogP contribution in [0, 0.1) is 0 Å². The van der Waals surface area contributed by atoms with Crippen molar-refractivity contribution in [2.75, 3.05) is 33.3 Å². The second kappa shape index (κ2) is 9.52. The standard InChI is InChI=1S/C19H31N3O2/c1-4-22(15-16-8-6-10-18(14-16)24-5-2)19(23)20-12-11-17-9-7-13-21(17)3/h6,8,10,14,17H,4-5,7,9,11-13,15H2,1-3H3,(H,20,23)/t17-/m1/s1. The number of nitrogens with one attached hydrogen (secondary N) is 1. The molecule has 0 saturated carbocycles. The molecular formula is C19H31N3O2. The van der Waals surface area contributed by atoms with Gasteiger partial charge in [-0.25, -0.2) is 4.79 Å². The van der Waals surface area contributed by atoms with Crippen molar-refractivity contribution in [2.24, 2.45) is 0 Å². The van der Waals surface area contributed by atoms with E-state index in [0.29, 0.717) is 25.7 Å². The summed E-state index contributed by atoms with van der Waals surface area (Å²) >= 11 is 0. The molecule has 0 bridgehead atoms. The van der Waals surface area contributed by atoms with E-state index in [-0.39, 0.29) is 6.03 Å². The highest BCUT2D eigenvalue weighted by molar-refractivity contribution is 5.74. The number of nitrogens with zero attached hydrogens (tertiary/aromatic N) is 2. The lowest BCUT2D eigenvalue weighted by Crippen LogP contribution is -2.41. The molecule has 1 fully saturated rings. The van der Waals surface area contributed by atoms with Crippen molar-refractivity contribution in [3.63, 3.8) is 0 Å². The van der Waals surface area contributed by atoms with Crippen LogP contribution in [0.2, 0.25) is 0 Å². The Balaban J connectivity index is 1.81. The van der Waals surface area contributed by atoms with E-state index in [9.17, 15) is 4.79 Å². The topological polar surface area (TPSA) is 44.8 Å². The highest BCUT2D eigenvalue weighted by Gasteiger charge is 2.20. The first-order valence-corrected chi connectivity index (χ1v) is 9.08. The van der Waals surface area contributed by atoms with Crippen LogP contribution in [0.3, 0.4) is 0 Å². The van der Waals surface area contributed by atoms with Crippen molar-refractivity contribution in [1.82, 2.24) is 15.1 Å². The summed E-state index contributed by atoms with van der Waals surface area (Å²) in [5.74, 6) is 0.857. The number of hydrogen-bond acceptors (Lipinski definition) is 3. The van der Waals surface area contributed by atoms with Gasteiger partial charge >= 0.3 is 6.03 Å². The monoisotopic (exact) mass is 333 g/mol. The smallest absolute Gasteiger partial charge is 0.317 e. The highest BCUT2D eigenvalue weighted by atomic mass is 16.5. The minimum absolute atomic E-state index is 0.0139. The molecule has 1 heterocycles. The first-order chi connectivity index (χ1) is 11.6. The van der Waals surface area contributed by atoms with Crippen molar-refractivity contribution >= 4 is 6.03 Å². The maximum absolute atomic E-state index is 12.4. The van der Waals surface area contributed by atoms with Crippen LogP contribution in [-0.4, -0.2) is 55.2 Å². The zero-order valence-electron chi connectivity index (χ0n) is 15.3. The predicted octanol–water partition coefficient (Wildman–Crippen LogP) is 3.10. The third-order valence-corrected chi connectivity index (χ3v) is 4.68. The van der Waals surface area contributed by atoms with Crippen LogP contribution in [0.5, 0.6) is 5.75 Å². The maximum atomic E-state index is 12.4. The Kier molecular flexibility index (Phi) is 7.37. The number of ether oxygens (including phenoxy) is 1. The first-order valence-electron chi connectivity index (χ1n) is 9.08. The van der Waals surface area contributed by atoms with Gasteiger partial charge in [0.2, 0.25) is 0 Å². The fourth-order valence-electron chi connectivity index (χ4n) is 3.25. The van der Waals surface area contributed by atoms with Crippen molar-refractivity contribution < 1.29 is 9.53 Å². The Hall–Kier alpha value is -1.75. The van der Waals surface area contributed by atoms with Crippen LogP contribution in [-0.2, 0) is 6.54 Å². The Labute approximate surface area is 146 Å². The fourth-order valence-corrected chi connectivity index (χ4v) is 3.25. The molecule has 0 radical (unpaired) electrons. The van der Waals surface area contributed by atoms with Crippen molar-refractivity contribution in [3.8, 4) is 5.75 Å². The largest absolute Gasteiger partial charge is 0.494 e. The van der Waals surface area contributed by atoms with E-state index < -0.39 is 0 Å². The SMILES string of the molecule is CCOc1cccc(CN(CC)C(=O)NCC[C@H]2CCCN2C)c1. The molecule has 1 aromatic rings. The van der Waals surface area contributed by atoms with Crippen LogP contribution in [0.25, 0.3) is 0 Å². The van der Waals surface area contributed by atoms with Crippen LogP contribution >= 0.6 is 0 Å². The lowest BCUT2D eigenvalue weighted by Gasteiger charge is -2.23. The normalized spacial score (nSPS) is 17.7. The van der Waals surface area contributed by atoms with E-state index in [1.807, 2.05) is 43.0 Å². The summed E-state index contributed by atoms with van der Waals surface area (Å²) < 4.78 is 5.53. The molecule has 0 unspecified atom stereocenters. The fraction of sp³-hybridized carbons (Fsp3) is 0.632. The molecule has 134 valence electrons. The number of carbonyl (C=O) groups excluding carboxylic acids is 1. The molecular weight excluding hydrogens is 302 g/mol. The van der Waals surface area contributed by atoms with Gasteiger partial charge in [0.1, 0.15) is 5.75 Å². The van der Waals surface area contributed by atoms with E-state index in [1.165, 1.54) is 19.4 Å².